The van der Waals surface area contributed by atoms with Crippen molar-refractivity contribution in [2.24, 2.45) is 7.05 Å². The first-order valence-electron chi connectivity index (χ1n) is 33.8. The number of carbonyl (C=O) groups excluding carboxylic acids is 2. The van der Waals surface area contributed by atoms with E-state index in [1.165, 1.54) is 54.1 Å². The maximum Gasteiger partial charge on any atom is 0.336 e. The fourth-order valence-electron chi connectivity index (χ4n) is 14.2. The minimum Gasteiger partial charge on any atom is -0.478 e. The van der Waals surface area contributed by atoms with Crippen molar-refractivity contribution >= 4 is 143 Å². The summed E-state index contributed by atoms with van der Waals surface area (Å²) in [7, 11) is 4.72. The SMILES string of the molecule is CCCc1ccc(Oc2c3ccc(C)cc3cc3cc(-n4c(=O)c5cc6ccc7cc8c(=O)n(C)c(=O)c8cc7c6cc5c4=O)ccc23)cc1.CCCc1ccc(Oc2c3ccc(NC)cc3cc3cc(NC(=O)c4cc5ccc6cc(C(=O)NC)c(C(=O)O)cc6c5cc4C(=O)O)ccc23)cc1. The number of anilines is 2. The summed E-state index contributed by atoms with van der Waals surface area (Å²) in [6.07, 6.45) is 4.11. The molecule has 103 heavy (non-hydrogen) atoms. The molecule has 2 heterocycles. The number of rotatable bonds is 15. The van der Waals surface area contributed by atoms with E-state index < -0.39 is 34.9 Å². The van der Waals surface area contributed by atoms with Crippen molar-refractivity contribution in [1.82, 2.24) is 14.5 Å². The number of hydrogen-bond acceptors (Lipinski definition) is 11. The molecule has 14 aromatic carbocycles. The Balaban J connectivity index is 0.000000166. The molecule has 5 N–H and O–H groups in total. The number of amides is 2. The molecule has 0 spiro atoms. The zero-order valence-corrected chi connectivity index (χ0v) is 56.8. The van der Waals surface area contributed by atoms with Crippen molar-refractivity contribution < 1.29 is 38.9 Å². The second-order valence-electron chi connectivity index (χ2n) is 26.0. The van der Waals surface area contributed by atoms with Crippen LogP contribution in [0.25, 0.3) is 113 Å². The van der Waals surface area contributed by atoms with E-state index in [0.717, 1.165) is 112 Å². The van der Waals surface area contributed by atoms with E-state index >= 15 is 0 Å². The van der Waals surface area contributed by atoms with E-state index in [9.17, 15) is 48.6 Å². The normalized spacial score (nSPS) is 11.6. The number of carboxylic acids is 2. The van der Waals surface area contributed by atoms with E-state index in [0.29, 0.717) is 71.7 Å². The summed E-state index contributed by atoms with van der Waals surface area (Å²) < 4.78 is 15.4. The lowest BCUT2D eigenvalue weighted by molar-refractivity contribution is 0.0683. The van der Waals surface area contributed by atoms with Crippen molar-refractivity contribution in [2.45, 2.75) is 46.5 Å². The quantitative estimate of drug-likeness (QED) is 0.0474. The van der Waals surface area contributed by atoms with Gasteiger partial charge >= 0.3 is 11.9 Å². The Morgan fingerprint density at radius 1 is 0.379 bits per heavy atom. The van der Waals surface area contributed by atoms with Gasteiger partial charge < -0.3 is 35.6 Å². The van der Waals surface area contributed by atoms with Gasteiger partial charge in [-0.2, -0.15) is 0 Å². The highest BCUT2D eigenvalue weighted by atomic mass is 16.5. The molecule has 0 saturated carbocycles. The van der Waals surface area contributed by atoms with Crippen molar-refractivity contribution in [3.63, 3.8) is 0 Å². The summed E-state index contributed by atoms with van der Waals surface area (Å²) in [5.74, 6) is -1.01. The molecule has 0 aliphatic heterocycles. The van der Waals surface area contributed by atoms with Crippen LogP contribution in [0.15, 0.2) is 225 Å². The number of carbonyl (C=O) groups is 4. The van der Waals surface area contributed by atoms with Gasteiger partial charge in [-0.25, -0.2) is 14.2 Å². The highest BCUT2D eigenvalue weighted by Gasteiger charge is 2.25. The Kier molecular flexibility index (Phi) is 16.6. The number of aromatic carboxylic acids is 2. The highest BCUT2D eigenvalue weighted by Crippen LogP contribution is 2.43. The van der Waals surface area contributed by atoms with Crippen LogP contribution in [-0.4, -0.2) is 57.2 Å². The van der Waals surface area contributed by atoms with Crippen molar-refractivity contribution in [2.75, 3.05) is 24.7 Å². The molecule has 0 atom stereocenters. The van der Waals surface area contributed by atoms with Crippen molar-refractivity contribution in [1.29, 1.82) is 0 Å². The smallest absolute Gasteiger partial charge is 0.336 e. The predicted octanol–water partition coefficient (Wildman–Crippen LogP) is 17.2. The van der Waals surface area contributed by atoms with Crippen LogP contribution >= 0.6 is 0 Å². The molecule has 2 aromatic heterocycles. The standard InChI is InChI=1S/C43H35N3O7.C43H30N2O5/c1-4-5-23-6-12-30(13-7-23)53-39-31-14-10-28(44-2)17-26(31)16-27-18-29(11-15-32(27)39)46-41(48)36-20-25-9-8-24-19-35(40(47)45-3)37(42(49)50)21-33(24)34(25)22-38(36)43(51)52;1-4-5-24-7-12-30(13-8-24)50-39-31-14-6-23(2)16-27(31)17-28-18-29(11-15-32(28)39)45-42(48)36-20-26-10-9-25-19-35-37(41(47)44(3)40(35)46)21-33(25)34(26)22-38(36)43(45)49/h6-22,44H,4-5H2,1-3H3,(H,45,47)(H,46,48)(H,49,50)(H,51,52);6-22H,4-5H2,1-3H3. The van der Waals surface area contributed by atoms with Crippen LogP contribution < -0.4 is 47.7 Å². The van der Waals surface area contributed by atoms with Gasteiger partial charge in [0.2, 0.25) is 0 Å². The number of aromatic nitrogens is 2. The number of fused-ring (bicyclic) bond motifs is 12. The molecule has 16 rings (SSSR count). The van der Waals surface area contributed by atoms with Gasteiger partial charge in [0.1, 0.15) is 23.0 Å². The third kappa shape index (κ3) is 11.7. The van der Waals surface area contributed by atoms with Crippen LogP contribution in [0.4, 0.5) is 11.4 Å². The molecule has 0 aliphatic rings. The van der Waals surface area contributed by atoms with Crippen LogP contribution in [0.3, 0.4) is 0 Å². The van der Waals surface area contributed by atoms with Crippen LogP contribution in [0.5, 0.6) is 23.0 Å². The molecule has 0 saturated heterocycles. The molecule has 0 aliphatic carbocycles. The zero-order chi connectivity index (χ0) is 71.8. The molecule has 17 heteroatoms. The first-order valence-corrected chi connectivity index (χ1v) is 33.8. The summed E-state index contributed by atoms with van der Waals surface area (Å²) in [6, 6.07) is 63.3. The number of ether oxygens (including phenoxy) is 2. The van der Waals surface area contributed by atoms with Gasteiger partial charge in [0.05, 0.1) is 49.5 Å². The minimum absolute atomic E-state index is 0.0214. The number of aryl methyl sites for hydroxylation is 3. The predicted molar refractivity (Wildman–Crippen MR) is 411 cm³/mol. The maximum absolute atomic E-state index is 14.1. The van der Waals surface area contributed by atoms with Gasteiger partial charge in [-0.1, -0.05) is 99.0 Å². The molecule has 0 fully saturated rings. The van der Waals surface area contributed by atoms with E-state index in [1.807, 2.05) is 98.9 Å². The Morgan fingerprint density at radius 2 is 0.786 bits per heavy atom. The molecule has 506 valence electrons. The summed E-state index contributed by atoms with van der Waals surface area (Å²) >= 11 is 0. The first-order chi connectivity index (χ1) is 49.8. The van der Waals surface area contributed by atoms with Gasteiger partial charge in [0, 0.05) is 54.1 Å². The van der Waals surface area contributed by atoms with Crippen LogP contribution in [0.2, 0.25) is 0 Å². The molecule has 16 aromatic rings. The second-order valence-corrected chi connectivity index (χ2v) is 26.0. The Labute approximate surface area is 586 Å². The molecule has 2 amide bonds. The summed E-state index contributed by atoms with van der Waals surface area (Å²) in [5, 5.41) is 41.9. The number of benzene rings is 14. The molecule has 17 nitrogen and oxygen atoms in total. The van der Waals surface area contributed by atoms with Crippen molar-refractivity contribution in [3.05, 3.63) is 287 Å². The average Bonchev–Trinajstić information content (AvgIpc) is 1.61. The van der Waals surface area contributed by atoms with Gasteiger partial charge in [-0.3, -0.25) is 33.3 Å². The Bertz CT molecular complexity index is 6560. The van der Waals surface area contributed by atoms with E-state index in [4.69, 9.17) is 9.47 Å². The zero-order valence-electron chi connectivity index (χ0n) is 56.8. The number of nitrogens with zero attached hydrogens (tertiary/aromatic N) is 2. The minimum atomic E-state index is -1.33. The van der Waals surface area contributed by atoms with Crippen molar-refractivity contribution in [3.8, 4) is 28.7 Å². The van der Waals surface area contributed by atoms with Crippen LogP contribution in [0.1, 0.15) is 84.8 Å². The number of carboxylic acid groups (broad SMARTS) is 2. The molecular weight excluding hydrogens is 1290 g/mol. The lowest BCUT2D eigenvalue weighted by atomic mass is 9.93. The molecule has 0 radical (unpaired) electrons. The average molecular weight is 1360 g/mol. The van der Waals surface area contributed by atoms with E-state index in [2.05, 4.69) is 78.3 Å². The Morgan fingerprint density at radius 3 is 1.27 bits per heavy atom. The fourth-order valence-corrected chi connectivity index (χ4v) is 14.2. The Hall–Kier alpha value is -13.3. The first kappa shape index (κ1) is 65.6. The second kappa shape index (κ2) is 26.1. The topological polar surface area (TPSA) is 241 Å². The molecule has 0 unspecified atom stereocenters. The summed E-state index contributed by atoms with van der Waals surface area (Å²) in [4.78, 5) is 104. The number of hydrogen-bond donors (Lipinski definition) is 5. The lowest BCUT2D eigenvalue weighted by Crippen LogP contribution is -2.23. The van der Waals surface area contributed by atoms with Gasteiger partial charge in [-0.15, -0.1) is 0 Å². The fraction of sp³-hybridized carbons (Fsp3) is 0.116. The van der Waals surface area contributed by atoms with Gasteiger partial charge in [0.25, 0.3) is 34.1 Å². The molecular formula is C86H65N5O12. The largest absolute Gasteiger partial charge is 0.478 e. The lowest BCUT2D eigenvalue weighted by Gasteiger charge is -2.16. The van der Waals surface area contributed by atoms with E-state index in [-0.39, 0.29) is 33.4 Å². The highest BCUT2D eigenvalue weighted by molar-refractivity contribution is 6.20. The summed E-state index contributed by atoms with van der Waals surface area (Å²) in [6.45, 7) is 6.35. The summed E-state index contributed by atoms with van der Waals surface area (Å²) in [5.41, 5.74) is 3.33. The van der Waals surface area contributed by atoms with Crippen LogP contribution in [0, 0.1) is 6.92 Å². The third-order valence-corrected chi connectivity index (χ3v) is 19.5. The maximum atomic E-state index is 14.1. The monoisotopic (exact) mass is 1360 g/mol. The number of nitrogens with one attached hydrogen (secondary N) is 3. The van der Waals surface area contributed by atoms with Crippen LogP contribution in [-0.2, 0) is 19.9 Å². The third-order valence-electron chi connectivity index (χ3n) is 19.5. The van der Waals surface area contributed by atoms with Gasteiger partial charge in [0.15, 0.2) is 0 Å². The van der Waals surface area contributed by atoms with Gasteiger partial charge in [-0.05, 0) is 235 Å². The van der Waals surface area contributed by atoms with E-state index in [1.54, 1.807) is 48.5 Å². The molecule has 0 bridgehead atoms.